The maximum atomic E-state index is 2.42. The Balaban J connectivity index is 0. The number of benzene rings is 1. The van der Waals surface area contributed by atoms with Crippen LogP contribution in [0.15, 0.2) is 36.4 Å². The normalized spacial score (nSPS) is 6.00. The first-order valence-electron chi connectivity index (χ1n) is 2.72. The largest absolute Gasteiger partial charge is 0.141 e. The summed E-state index contributed by atoms with van der Waals surface area (Å²) in [6.45, 7) is 1.92. The van der Waals surface area contributed by atoms with Crippen molar-refractivity contribution in [1.29, 1.82) is 0 Å². The molecule has 0 nitrogen and oxygen atoms in total. The zero-order valence-electron chi connectivity index (χ0n) is 5.80. The molecule has 1 rings (SSSR count). The maximum absolute atomic E-state index is 2.42. The molecule has 0 aliphatic heterocycles. The quantitative estimate of drug-likeness (QED) is 0.473. The fourth-order valence-corrected chi connectivity index (χ4v) is 0.385. The third-order valence-corrected chi connectivity index (χ3v) is 0.667. The van der Waals surface area contributed by atoms with Crippen LogP contribution < -0.4 is 0 Å². The molecule has 10 heavy (non-hydrogen) atoms. The van der Waals surface area contributed by atoms with Gasteiger partial charge in [-0.05, 0) is 0 Å². The Hall–Kier alpha value is 1.11. The van der Waals surface area contributed by atoms with Gasteiger partial charge in [0.2, 0.25) is 0 Å². The topological polar surface area (TPSA) is 0 Å². The molecule has 0 bridgehead atoms. The van der Waals surface area contributed by atoms with Crippen LogP contribution in [0.3, 0.4) is 0 Å². The van der Waals surface area contributed by atoms with Gasteiger partial charge in [-0.3, -0.25) is 0 Å². The van der Waals surface area contributed by atoms with E-state index in [2.05, 4.69) is 46.5 Å². The summed E-state index contributed by atoms with van der Waals surface area (Å²) in [5, 5.41) is 0. The summed E-state index contributed by atoms with van der Waals surface area (Å²) in [6.07, 6.45) is 0. The molecule has 0 aliphatic rings. The van der Waals surface area contributed by atoms with Gasteiger partial charge in [-0.1, -0.05) is 43.1 Å². The molecule has 0 radical (unpaired) electrons. The highest BCUT2D eigenvalue weighted by Crippen LogP contribution is 1.89. The molecule has 0 N–H and O–H groups in total. The van der Waals surface area contributed by atoms with E-state index in [1.165, 1.54) is 0 Å². The lowest BCUT2D eigenvalue weighted by molar-refractivity contribution is 1.72. The van der Waals surface area contributed by atoms with Crippen molar-refractivity contribution in [2.24, 2.45) is 0 Å². The number of hydrogen-bond acceptors (Lipinski definition) is 0. The lowest BCUT2D eigenvalue weighted by Crippen LogP contribution is -1.47. The predicted octanol–water partition coefficient (Wildman–Crippen LogP) is 3.95. The Kier molecular flexibility index (Phi) is 22.7. The molecule has 58 valence electrons. The van der Waals surface area contributed by atoms with Gasteiger partial charge in [0.15, 0.2) is 0 Å². The second kappa shape index (κ2) is 16.6. The fourth-order valence-electron chi connectivity index (χ4n) is 0.385. The molecule has 0 spiro atoms. The molecule has 0 saturated carbocycles. The van der Waals surface area contributed by atoms with E-state index in [1.807, 2.05) is 43.1 Å². The minimum absolute atomic E-state index is 1.92. The van der Waals surface area contributed by atoms with Gasteiger partial charge in [-0.2, -0.15) is 0 Å². The van der Waals surface area contributed by atoms with E-state index in [4.69, 9.17) is 0 Å². The van der Waals surface area contributed by atoms with Gasteiger partial charge in [-0.15, -0.1) is 9.24 Å². The second-order valence-electron chi connectivity index (χ2n) is 1.15. The van der Waals surface area contributed by atoms with Gasteiger partial charge >= 0.3 is 0 Å². The van der Waals surface area contributed by atoms with Crippen molar-refractivity contribution in [3.05, 3.63) is 36.4 Å². The molecule has 3 heteroatoms. The SMILES string of the molecule is CP.II.c1ccccc1. The molecule has 0 fully saturated rings. The number of rotatable bonds is 0. The highest BCUT2D eigenvalue weighted by molar-refractivity contribution is 15.0. The summed E-state index contributed by atoms with van der Waals surface area (Å²) in [7, 11) is 2.42. The Labute approximate surface area is 88.7 Å². The second-order valence-corrected chi connectivity index (χ2v) is 1.15. The molecular weight excluding hydrogens is 369 g/mol. The average Bonchev–Trinajstić information content (AvgIpc) is 2.14. The van der Waals surface area contributed by atoms with Crippen molar-refractivity contribution in [2.45, 2.75) is 0 Å². The molecule has 0 saturated heterocycles. The highest BCUT2D eigenvalue weighted by atomic mass is 128. The van der Waals surface area contributed by atoms with Crippen LogP contribution in [0.25, 0.3) is 0 Å². The number of halogens is 2. The first-order chi connectivity index (χ1) is 5.00. The third kappa shape index (κ3) is 11.9. The van der Waals surface area contributed by atoms with Crippen molar-refractivity contribution >= 4 is 46.5 Å². The van der Waals surface area contributed by atoms with Gasteiger partial charge in [0.1, 0.15) is 0 Å². The molecule has 0 amide bonds. The van der Waals surface area contributed by atoms with Crippen LogP contribution in [0.4, 0.5) is 0 Å². The average molecular weight is 380 g/mol. The molecule has 1 aromatic rings. The zero-order chi connectivity index (χ0) is 8.24. The number of hydrogen-bond donors (Lipinski definition) is 0. The van der Waals surface area contributed by atoms with Crippen molar-refractivity contribution < 1.29 is 0 Å². The first kappa shape index (κ1) is 13.7. The minimum atomic E-state index is 1.92. The summed E-state index contributed by atoms with van der Waals surface area (Å²) in [5.74, 6) is 0. The van der Waals surface area contributed by atoms with Crippen molar-refractivity contribution in [3.8, 4) is 0 Å². The monoisotopic (exact) mass is 380 g/mol. The Morgan fingerprint density at radius 1 is 0.700 bits per heavy atom. The van der Waals surface area contributed by atoms with Gasteiger partial charge < -0.3 is 0 Å². The van der Waals surface area contributed by atoms with E-state index >= 15 is 0 Å². The van der Waals surface area contributed by atoms with Crippen LogP contribution in [0.1, 0.15) is 0 Å². The Morgan fingerprint density at radius 2 is 0.800 bits per heavy atom. The molecule has 0 heterocycles. The van der Waals surface area contributed by atoms with E-state index in [0.29, 0.717) is 0 Å². The Morgan fingerprint density at radius 3 is 0.900 bits per heavy atom. The first-order valence-corrected chi connectivity index (χ1v) is 10.2. The van der Waals surface area contributed by atoms with Crippen molar-refractivity contribution in [2.75, 3.05) is 6.66 Å². The van der Waals surface area contributed by atoms with Crippen LogP contribution in [0, 0.1) is 0 Å². The molecule has 1 aromatic carbocycles. The summed E-state index contributed by atoms with van der Waals surface area (Å²) < 4.78 is 0. The predicted molar refractivity (Wildman–Crippen MR) is 70.1 cm³/mol. The molecule has 0 aromatic heterocycles. The van der Waals surface area contributed by atoms with Crippen molar-refractivity contribution in [1.82, 2.24) is 0 Å². The lowest BCUT2D eigenvalue weighted by atomic mass is 10.4. The molecule has 0 aliphatic carbocycles. The van der Waals surface area contributed by atoms with Crippen LogP contribution in [0.5, 0.6) is 0 Å². The van der Waals surface area contributed by atoms with E-state index in [1.54, 1.807) is 0 Å². The van der Waals surface area contributed by atoms with E-state index in [9.17, 15) is 0 Å². The van der Waals surface area contributed by atoms with Gasteiger partial charge in [0.25, 0.3) is 0 Å². The summed E-state index contributed by atoms with van der Waals surface area (Å²) in [4.78, 5) is 0. The van der Waals surface area contributed by atoms with E-state index < -0.39 is 0 Å². The molecule has 1 atom stereocenters. The van der Waals surface area contributed by atoms with Gasteiger partial charge in [-0.25, -0.2) is 0 Å². The zero-order valence-corrected chi connectivity index (χ0v) is 11.3. The smallest absolute Gasteiger partial charge is 0 e. The fraction of sp³-hybridized carbons (Fsp3) is 0.143. The standard InChI is InChI=1S/C6H6.CH5P.I2/c1-2-4-6-5-3-1;2*1-2/h1-6H;2H2,1H3;. The third-order valence-electron chi connectivity index (χ3n) is 0.667. The van der Waals surface area contributed by atoms with Crippen LogP contribution in [0.2, 0.25) is 0 Å². The molecule has 1 unspecified atom stereocenters. The van der Waals surface area contributed by atoms with Gasteiger partial charge in [0, 0.05) is 37.2 Å². The lowest BCUT2D eigenvalue weighted by Gasteiger charge is -1.69. The van der Waals surface area contributed by atoms with E-state index in [-0.39, 0.29) is 0 Å². The highest BCUT2D eigenvalue weighted by Gasteiger charge is 1.57. The van der Waals surface area contributed by atoms with Crippen LogP contribution in [-0.4, -0.2) is 6.66 Å². The van der Waals surface area contributed by atoms with Crippen LogP contribution in [-0.2, 0) is 0 Å². The molecular formula is C7H11I2P. The van der Waals surface area contributed by atoms with Gasteiger partial charge in [0.05, 0.1) is 0 Å². The summed E-state index contributed by atoms with van der Waals surface area (Å²) in [6, 6.07) is 12.0. The van der Waals surface area contributed by atoms with Crippen LogP contribution >= 0.6 is 46.5 Å². The Bertz CT molecular complexity index is 83.5. The van der Waals surface area contributed by atoms with E-state index in [0.717, 1.165) is 0 Å². The summed E-state index contributed by atoms with van der Waals surface area (Å²) >= 11 is 4.24. The maximum Gasteiger partial charge on any atom is 0 e. The summed E-state index contributed by atoms with van der Waals surface area (Å²) in [5.41, 5.74) is 0. The van der Waals surface area contributed by atoms with Crippen molar-refractivity contribution in [3.63, 3.8) is 0 Å². The minimum Gasteiger partial charge on any atom is -0.141 e.